The quantitative estimate of drug-likeness (QED) is 0.714. The summed E-state index contributed by atoms with van der Waals surface area (Å²) in [6.07, 6.45) is 4.84. The van der Waals surface area contributed by atoms with Gasteiger partial charge in [0.2, 0.25) is 0 Å². The molecule has 0 amide bonds. The van der Waals surface area contributed by atoms with E-state index in [1.165, 1.54) is 0 Å². The summed E-state index contributed by atoms with van der Waals surface area (Å²) in [4.78, 5) is 4.44. The van der Waals surface area contributed by atoms with Gasteiger partial charge in [0.25, 0.3) is 0 Å². The van der Waals surface area contributed by atoms with E-state index in [9.17, 15) is 5.11 Å². The lowest BCUT2D eigenvalue weighted by Gasteiger charge is -2.25. The molecule has 1 unspecified atom stereocenters. The van der Waals surface area contributed by atoms with Gasteiger partial charge in [-0.25, -0.2) is 9.50 Å². The number of benzene rings is 1. The topological polar surface area (TPSA) is 62.5 Å². The Labute approximate surface area is 158 Å². The molecule has 0 radical (unpaired) electrons. The van der Waals surface area contributed by atoms with Crippen molar-refractivity contribution in [3.63, 3.8) is 0 Å². The van der Waals surface area contributed by atoms with Gasteiger partial charge in [-0.1, -0.05) is 23.7 Å². The van der Waals surface area contributed by atoms with Gasteiger partial charge in [0.15, 0.2) is 5.65 Å². The van der Waals surface area contributed by atoms with Gasteiger partial charge >= 0.3 is 0 Å². The first-order chi connectivity index (χ1) is 12.4. The standard InChI is InChI=1S/C20H23ClN4O/c1-20(2,26)14-6-7-16(11-14)23-18-8-9-19-22-12-17(25(19)24-18)13-4-3-5-15(21)10-13/h3-5,8-10,12,14,16,26H,6-7,11H2,1-2H3,(H,23,24)/t14?,16-/m1/s1. The molecule has 0 saturated heterocycles. The molecule has 1 aromatic carbocycles. The van der Waals surface area contributed by atoms with Crippen LogP contribution in [0.15, 0.2) is 42.6 Å². The van der Waals surface area contributed by atoms with Gasteiger partial charge in [0.05, 0.1) is 17.5 Å². The molecule has 0 bridgehead atoms. The van der Waals surface area contributed by atoms with E-state index in [1.54, 1.807) is 0 Å². The van der Waals surface area contributed by atoms with Crippen LogP contribution in [0.1, 0.15) is 33.1 Å². The Balaban J connectivity index is 1.59. The van der Waals surface area contributed by atoms with Crippen LogP contribution < -0.4 is 5.32 Å². The Hall–Kier alpha value is -2.11. The number of imidazole rings is 1. The highest BCUT2D eigenvalue weighted by atomic mass is 35.5. The van der Waals surface area contributed by atoms with E-state index < -0.39 is 5.60 Å². The van der Waals surface area contributed by atoms with Crippen molar-refractivity contribution in [2.75, 3.05) is 5.32 Å². The number of aromatic nitrogens is 3. The van der Waals surface area contributed by atoms with E-state index in [0.717, 1.165) is 42.0 Å². The maximum absolute atomic E-state index is 10.2. The zero-order valence-electron chi connectivity index (χ0n) is 15.0. The predicted octanol–water partition coefficient (Wildman–Crippen LogP) is 4.40. The summed E-state index contributed by atoms with van der Waals surface area (Å²) in [6, 6.07) is 11.9. The van der Waals surface area contributed by atoms with Crippen LogP contribution in [0, 0.1) is 5.92 Å². The lowest BCUT2D eigenvalue weighted by molar-refractivity contribution is 0.0197. The maximum Gasteiger partial charge on any atom is 0.154 e. The van der Waals surface area contributed by atoms with Crippen LogP contribution in [0.5, 0.6) is 0 Å². The van der Waals surface area contributed by atoms with Crippen LogP contribution >= 0.6 is 11.6 Å². The van der Waals surface area contributed by atoms with Gasteiger partial charge < -0.3 is 10.4 Å². The molecule has 1 saturated carbocycles. The molecule has 6 heteroatoms. The number of fused-ring (bicyclic) bond motifs is 1. The zero-order valence-corrected chi connectivity index (χ0v) is 15.7. The van der Waals surface area contributed by atoms with E-state index in [4.69, 9.17) is 16.7 Å². The second kappa shape index (κ2) is 6.56. The summed E-state index contributed by atoms with van der Waals surface area (Å²) in [5.74, 6) is 1.14. The van der Waals surface area contributed by atoms with E-state index in [2.05, 4.69) is 10.3 Å². The first-order valence-corrected chi connectivity index (χ1v) is 9.37. The van der Waals surface area contributed by atoms with Gasteiger partial charge in [-0.3, -0.25) is 0 Å². The lowest BCUT2D eigenvalue weighted by atomic mass is 9.89. The number of rotatable bonds is 4. The minimum atomic E-state index is -0.627. The van der Waals surface area contributed by atoms with Crippen molar-refractivity contribution in [2.24, 2.45) is 5.92 Å². The third kappa shape index (κ3) is 3.41. The van der Waals surface area contributed by atoms with Crippen molar-refractivity contribution in [2.45, 2.75) is 44.8 Å². The summed E-state index contributed by atoms with van der Waals surface area (Å²) in [6.45, 7) is 3.79. The number of hydrogen-bond donors (Lipinski definition) is 2. The van der Waals surface area contributed by atoms with Gasteiger partial charge in [-0.2, -0.15) is 0 Å². The smallest absolute Gasteiger partial charge is 0.154 e. The monoisotopic (exact) mass is 370 g/mol. The minimum Gasteiger partial charge on any atom is -0.390 e. The van der Waals surface area contributed by atoms with Crippen LogP contribution in [0.25, 0.3) is 16.9 Å². The number of halogens is 1. The molecule has 2 atom stereocenters. The van der Waals surface area contributed by atoms with Gasteiger partial charge in [0, 0.05) is 16.6 Å². The molecule has 3 aromatic rings. The fourth-order valence-corrected chi connectivity index (χ4v) is 3.95. The van der Waals surface area contributed by atoms with Gasteiger partial charge in [0.1, 0.15) is 5.82 Å². The third-order valence-corrected chi connectivity index (χ3v) is 5.50. The molecular weight excluding hydrogens is 348 g/mol. The lowest BCUT2D eigenvalue weighted by Crippen LogP contribution is -2.30. The Morgan fingerprint density at radius 3 is 2.81 bits per heavy atom. The van der Waals surface area contributed by atoms with Crippen molar-refractivity contribution in [1.29, 1.82) is 0 Å². The van der Waals surface area contributed by atoms with E-state index in [0.29, 0.717) is 17.0 Å². The molecule has 2 aromatic heterocycles. The largest absolute Gasteiger partial charge is 0.390 e. The van der Waals surface area contributed by atoms with Crippen LogP contribution in [-0.4, -0.2) is 31.3 Å². The summed E-state index contributed by atoms with van der Waals surface area (Å²) >= 11 is 6.13. The molecular formula is C20H23ClN4O. The number of nitrogens with zero attached hydrogens (tertiary/aromatic N) is 3. The van der Waals surface area contributed by atoms with Crippen molar-refractivity contribution in [1.82, 2.24) is 14.6 Å². The normalized spacial score (nSPS) is 20.6. The summed E-state index contributed by atoms with van der Waals surface area (Å²) in [5, 5.41) is 19.2. The summed E-state index contributed by atoms with van der Waals surface area (Å²) < 4.78 is 1.84. The van der Waals surface area contributed by atoms with Crippen molar-refractivity contribution >= 4 is 23.1 Å². The molecule has 2 N–H and O–H groups in total. The fraction of sp³-hybridized carbons (Fsp3) is 0.400. The Morgan fingerprint density at radius 1 is 1.23 bits per heavy atom. The van der Waals surface area contributed by atoms with E-state index >= 15 is 0 Å². The Kier molecular flexibility index (Phi) is 4.37. The van der Waals surface area contributed by atoms with Crippen LogP contribution in [0.4, 0.5) is 5.82 Å². The first kappa shape index (κ1) is 17.3. The van der Waals surface area contributed by atoms with Gasteiger partial charge in [-0.05, 0) is 63.3 Å². The van der Waals surface area contributed by atoms with Crippen molar-refractivity contribution in [3.8, 4) is 11.3 Å². The second-order valence-electron chi connectivity index (χ2n) is 7.65. The highest BCUT2D eigenvalue weighted by molar-refractivity contribution is 6.30. The van der Waals surface area contributed by atoms with Crippen LogP contribution in [0.2, 0.25) is 5.02 Å². The maximum atomic E-state index is 10.2. The Bertz CT molecular complexity index is 931. The zero-order chi connectivity index (χ0) is 18.3. The van der Waals surface area contributed by atoms with Crippen molar-refractivity contribution in [3.05, 3.63) is 47.6 Å². The summed E-state index contributed by atoms with van der Waals surface area (Å²) in [5.41, 5.74) is 2.06. The summed E-state index contributed by atoms with van der Waals surface area (Å²) in [7, 11) is 0. The molecule has 136 valence electrons. The molecule has 0 spiro atoms. The molecule has 2 heterocycles. The molecule has 0 aliphatic heterocycles. The number of aliphatic hydroxyl groups is 1. The van der Waals surface area contributed by atoms with Crippen LogP contribution in [-0.2, 0) is 0 Å². The third-order valence-electron chi connectivity index (χ3n) is 5.27. The van der Waals surface area contributed by atoms with E-state index in [-0.39, 0.29) is 0 Å². The number of nitrogens with one attached hydrogen (secondary N) is 1. The average molecular weight is 371 g/mol. The average Bonchev–Trinajstić information content (AvgIpc) is 3.21. The minimum absolute atomic E-state index is 0.319. The highest BCUT2D eigenvalue weighted by Gasteiger charge is 2.34. The molecule has 26 heavy (non-hydrogen) atoms. The molecule has 1 aliphatic carbocycles. The van der Waals surface area contributed by atoms with E-state index in [1.807, 2.05) is 61.0 Å². The highest BCUT2D eigenvalue weighted by Crippen LogP contribution is 2.35. The van der Waals surface area contributed by atoms with Gasteiger partial charge in [-0.15, -0.1) is 5.10 Å². The molecule has 5 nitrogen and oxygen atoms in total. The molecule has 1 fully saturated rings. The molecule has 4 rings (SSSR count). The molecule has 1 aliphatic rings. The predicted molar refractivity (Wildman–Crippen MR) is 104 cm³/mol. The van der Waals surface area contributed by atoms with Crippen LogP contribution in [0.3, 0.4) is 0 Å². The number of hydrogen-bond acceptors (Lipinski definition) is 4. The SMILES string of the molecule is CC(C)(O)C1CC[C@@H](Nc2ccc3ncc(-c4cccc(Cl)c4)n3n2)C1. The fourth-order valence-electron chi connectivity index (χ4n) is 3.76. The number of anilines is 1. The second-order valence-corrected chi connectivity index (χ2v) is 8.08. The van der Waals surface area contributed by atoms with Crippen molar-refractivity contribution < 1.29 is 5.11 Å². The Morgan fingerprint density at radius 2 is 2.08 bits per heavy atom. The first-order valence-electron chi connectivity index (χ1n) is 9.00.